The Labute approximate surface area is 94.6 Å². The molecule has 2 aromatic rings. The van der Waals surface area contributed by atoms with Crippen LogP contribution in [0.15, 0.2) is 35.5 Å². The Bertz CT molecular complexity index is 498. The summed E-state index contributed by atoms with van der Waals surface area (Å²) in [4.78, 5) is 7.05. The van der Waals surface area contributed by atoms with Crippen molar-refractivity contribution < 1.29 is 0 Å². The molecule has 0 atom stereocenters. The average molecular weight is 216 g/mol. The lowest BCUT2D eigenvalue weighted by Gasteiger charge is -2.05. The normalized spacial score (nSPS) is 11.9. The molecular weight excluding hydrogens is 200 g/mol. The summed E-state index contributed by atoms with van der Waals surface area (Å²) in [6.07, 6.45) is 2.90. The van der Waals surface area contributed by atoms with Crippen LogP contribution in [0.25, 0.3) is 10.9 Å². The molecule has 4 nitrogen and oxygen atoms in total. The zero-order valence-corrected chi connectivity index (χ0v) is 9.33. The molecule has 1 aromatic carbocycles. The Morgan fingerprint density at radius 3 is 3.12 bits per heavy atom. The van der Waals surface area contributed by atoms with Gasteiger partial charge >= 0.3 is 0 Å². The van der Waals surface area contributed by atoms with Crippen molar-refractivity contribution in [3.05, 3.63) is 36.0 Å². The molecule has 1 heterocycles. The molecule has 4 N–H and O–H groups in total. The van der Waals surface area contributed by atoms with Crippen molar-refractivity contribution in [2.45, 2.75) is 6.42 Å². The summed E-state index contributed by atoms with van der Waals surface area (Å²) >= 11 is 0. The molecule has 2 rings (SSSR count). The first-order valence-electron chi connectivity index (χ1n) is 5.32. The highest BCUT2D eigenvalue weighted by Gasteiger charge is 2.00. The lowest BCUT2D eigenvalue weighted by molar-refractivity contribution is 0.861. The maximum atomic E-state index is 5.56. The third kappa shape index (κ3) is 2.16. The van der Waals surface area contributed by atoms with E-state index in [9.17, 15) is 0 Å². The fourth-order valence-electron chi connectivity index (χ4n) is 1.77. The molecule has 1 aromatic heterocycles. The number of hydrogen-bond donors (Lipinski definition) is 3. The molecule has 0 spiro atoms. The number of nitrogens with zero attached hydrogens (tertiary/aromatic N) is 1. The number of benzene rings is 1. The van der Waals surface area contributed by atoms with Crippen LogP contribution in [0.5, 0.6) is 0 Å². The molecule has 0 saturated heterocycles. The highest BCUT2D eigenvalue weighted by molar-refractivity contribution is 5.83. The van der Waals surface area contributed by atoms with Gasteiger partial charge in [-0.05, 0) is 24.1 Å². The molecule has 84 valence electrons. The number of nitrogens with one attached hydrogen (secondary N) is 2. The molecule has 0 bridgehead atoms. The number of hydrogen-bond acceptors (Lipinski definition) is 1. The third-order valence-electron chi connectivity index (χ3n) is 2.63. The van der Waals surface area contributed by atoms with Gasteiger partial charge in [0.15, 0.2) is 5.96 Å². The number of guanidine groups is 1. The second-order valence-corrected chi connectivity index (χ2v) is 3.64. The van der Waals surface area contributed by atoms with E-state index in [-0.39, 0.29) is 0 Å². The lowest BCUT2D eigenvalue weighted by atomic mass is 10.1. The highest BCUT2D eigenvalue weighted by atomic mass is 15.1. The van der Waals surface area contributed by atoms with Crippen LogP contribution >= 0.6 is 0 Å². The Hall–Kier alpha value is -1.97. The largest absolute Gasteiger partial charge is 0.370 e. The summed E-state index contributed by atoms with van der Waals surface area (Å²) in [5, 5.41) is 4.33. The summed E-state index contributed by atoms with van der Waals surface area (Å²) in [6.45, 7) is 0.799. The van der Waals surface area contributed by atoms with E-state index in [0.717, 1.165) is 13.0 Å². The fourth-order valence-corrected chi connectivity index (χ4v) is 1.77. The van der Waals surface area contributed by atoms with Crippen LogP contribution in [0.2, 0.25) is 0 Å². The van der Waals surface area contributed by atoms with Gasteiger partial charge in [0.2, 0.25) is 0 Å². The van der Waals surface area contributed by atoms with Crippen LogP contribution in [0.3, 0.4) is 0 Å². The number of rotatable bonds is 3. The average Bonchev–Trinajstić information content (AvgIpc) is 2.77. The van der Waals surface area contributed by atoms with E-state index in [1.54, 1.807) is 7.05 Å². The van der Waals surface area contributed by atoms with Gasteiger partial charge in [-0.15, -0.1) is 0 Å². The van der Waals surface area contributed by atoms with Gasteiger partial charge in [0, 0.05) is 30.7 Å². The predicted octanol–water partition coefficient (Wildman–Crippen LogP) is 1.24. The minimum absolute atomic E-state index is 0.487. The van der Waals surface area contributed by atoms with E-state index in [2.05, 4.69) is 39.6 Å². The Kier molecular flexibility index (Phi) is 3.10. The molecule has 0 radical (unpaired) electrons. The first kappa shape index (κ1) is 10.5. The van der Waals surface area contributed by atoms with Crippen molar-refractivity contribution >= 4 is 16.9 Å². The molecule has 4 heteroatoms. The molecule has 0 aliphatic rings. The summed E-state index contributed by atoms with van der Waals surface area (Å²) in [7, 11) is 1.68. The number of H-pyrrole nitrogens is 1. The van der Waals surface area contributed by atoms with E-state index >= 15 is 0 Å². The van der Waals surface area contributed by atoms with Crippen molar-refractivity contribution in [2.75, 3.05) is 13.6 Å². The van der Waals surface area contributed by atoms with Gasteiger partial charge in [-0.25, -0.2) is 0 Å². The summed E-state index contributed by atoms with van der Waals surface area (Å²) < 4.78 is 0. The Balaban J connectivity index is 2.07. The zero-order chi connectivity index (χ0) is 11.4. The van der Waals surface area contributed by atoms with Crippen LogP contribution in [0.1, 0.15) is 5.56 Å². The molecule has 0 saturated carbocycles. The van der Waals surface area contributed by atoms with E-state index < -0.39 is 0 Å². The van der Waals surface area contributed by atoms with E-state index in [0.29, 0.717) is 5.96 Å². The summed E-state index contributed by atoms with van der Waals surface area (Å²) in [6, 6.07) is 8.37. The van der Waals surface area contributed by atoms with Crippen LogP contribution < -0.4 is 11.1 Å². The third-order valence-corrected chi connectivity index (χ3v) is 2.63. The molecule has 0 amide bonds. The molecule has 0 fully saturated rings. The van der Waals surface area contributed by atoms with Crippen molar-refractivity contribution in [3.63, 3.8) is 0 Å². The topological polar surface area (TPSA) is 66.2 Å². The minimum atomic E-state index is 0.487. The van der Waals surface area contributed by atoms with Crippen molar-refractivity contribution in [1.82, 2.24) is 10.3 Å². The predicted molar refractivity (Wildman–Crippen MR) is 67.6 cm³/mol. The van der Waals surface area contributed by atoms with Gasteiger partial charge in [0.05, 0.1) is 0 Å². The minimum Gasteiger partial charge on any atom is -0.370 e. The zero-order valence-electron chi connectivity index (χ0n) is 9.33. The first-order chi connectivity index (χ1) is 7.81. The number of aromatic nitrogens is 1. The second kappa shape index (κ2) is 4.70. The fraction of sp³-hybridized carbons (Fsp3) is 0.250. The van der Waals surface area contributed by atoms with Crippen LogP contribution in [-0.4, -0.2) is 24.5 Å². The number of nitrogens with two attached hydrogens (primary N) is 1. The van der Waals surface area contributed by atoms with Crippen molar-refractivity contribution in [1.29, 1.82) is 0 Å². The molecule has 0 aliphatic carbocycles. The van der Waals surface area contributed by atoms with E-state index in [1.807, 2.05) is 6.20 Å². The molecule has 16 heavy (non-hydrogen) atoms. The van der Waals surface area contributed by atoms with Crippen LogP contribution in [0, 0.1) is 0 Å². The van der Waals surface area contributed by atoms with Gasteiger partial charge in [0.25, 0.3) is 0 Å². The quantitative estimate of drug-likeness (QED) is 0.534. The maximum absolute atomic E-state index is 5.56. The number of aromatic amines is 1. The standard InChI is InChI=1S/C12H16N4/c1-14-12(13)16-7-5-9-3-2-4-11-10(9)6-8-15-11/h2-4,6,8,15H,5,7H2,1H3,(H3,13,14,16). The van der Waals surface area contributed by atoms with Crippen molar-refractivity contribution in [2.24, 2.45) is 10.7 Å². The van der Waals surface area contributed by atoms with Crippen LogP contribution in [-0.2, 0) is 6.42 Å². The highest BCUT2D eigenvalue weighted by Crippen LogP contribution is 2.17. The molecular formula is C12H16N4. The maximum Gasteiger partial charge on any atom is 0.188 e. The number of fused-ring (bicyclic) bond motifs is 1. The van der Waals surface area contributed by atoms with Gasteiger partial charge in [-0.2, -0.15) is 0 Å². The van der Waals surface area contributed by atoms with E-state index in [4.69, 9.17) is 5.73 Å². The van der Waals surface area contributed by atoms with Crippen molar-refractivity contribution in [3.8, 4) is 0 Å². The Morgan fingerprint density at radius 1 is 1.44 bits per heavy atom. The van der Waals surface area contributed by atoms with Crippen LogP contribution in [0.4, 0.5) is 0 Å². The van der Waals surface area contributed by atoms with Gasteiger partial charge in [-0.3, -0.25) is 4.99 Å². The van der Waals surface area contributed by atoms with Gasteiger partial charge in [-0.1, -0.05) is 12.1 Å². The van der Waals surface area contributed by atoms with E-state index in [1.165, 1.54) is 16.5 Å². The Morgan fingerprint density at radius 2 is 2.31 bits per heavy atom. The number of aliphatic imine (C=N–C) groups is 1. The SMILES string of the molecule is CN=C(N)NCCc1cccc2[nH]ccc12. The summed E-state index contributed by atoms with van der Waals surface area (Å²) in [5.41, 5.74) is 8.05. The van der Waals surface area contributed by atoms with Gasteiger partial charge in [0.1, 0.15) is 0 Å². The lowest BCUT2D eigenvalue weighted by Crippen LogP contribution is -2.32. The second-order valence-electron chi connectivity index (χ2n) is 3.64. The monoisotopic (exact) mass is 216 g/mol. The smallest absolute Gasteiger partial charge is 0.188 e. The molecule has 0 aliphatic heterocycles. The van der Waals surface area contributed by atoms with Gasteiger partial charge < -0.3 is 16.0 Å². The summed E-state index contributed by atoms with van der Waals surface area (Å²) in [5.74, 6) is 0.487. The molecule has 0 unspecified atom stereocenters. The first-order valence-corrected chi connectivity index (χ1v) is 5.32.